The number of piperidine rings is 1. The van der Waals surface area contributed by atoms with E-state index in [4.69, 9.17) is 0 Å². The van der Waals surface area contributed by atoms with Crippen LogP contribution in [0.2, 0.25) is 0 Å². The van der Waals surface area contributed by atoms with Crippen LogP contribution in [0.1, 0.15) is 40.0 Å². The molecule has 3 aliphatic rings. The Bertz CT molecular complexity index is 891. The van der Waals surface area contributed by atoms with Gasteiger partial charge in [-0.1, -0.05) is 0 Å². The number of hydrogen-bond donors (Lipinski definition) is 2. The number of fused-ring (bicyclic) bond motifs is 1. The van der Waals surface area contributed by atoms with Gasteiger partial charge in [-0.3, -0.25) is 29.4 Å². The van der Waals surface area contributed by atoms with Crippen molar-refractivity contribution >= 4 is 29.3 Å². The van der Waals surface area contributed by atoms with E-state index in [0.717, 1.165) is 4.90 Å². The summed E-state index contributed by atoms with van der Waals surface area (Å²) in [4.78, 5) is 51.9. The van der Waals surface area contributed by atoms with Gasteiger partial charge in [-0.2, -0.15) is 0 Å². The van der Waals surface area contributed by atoms with Crippen molar-refractivity contribution in [2.75, 3.05) is 24.5 Å². The van der Waals surface area contributed by atoms with Gasteiger partial charge in [0.2, 0.25) is 18.2 Å². The van der Waals surface area contributed by atoms with Crippen molar-refractivity contribution in [1.29, 1.82) is 0 Å². The van der Waals surface area contributed by atoms with E-state index in [1.165, 1.54) is 6.07 Å². The molecule has 1 aromatic carbocycles. The Labute approximate surface area is 165 Å². The Morgan fingerprint density at radius 2 is 1.86 bits per heavy atom. The topological polar surface area (TPSA) is 98.8 Å². The SMILES string of the molecule is O=C1CCC(N2C(=O)c3ccc(N4CCNC(CC(F)F)C4)cc3C2=O)C(=O)N1. The number of amides is 4. The highest BCUT2D eigenvalue weighted by Crippen LogP contribution is 2.31. The zero-order valence-electron chi connectivity index (χ0n) is 15.5. The van der Waals surface area contributed by atoms with Gasteiger partial charge >= 0.3 is 0 Å². The fourth-order valence-corrected chi connectivity index (χ4v) is 4.09. The van der Waals surface area contributed by atoms with Gasteiger partial charge in [-0.05, 0) is 24.6 Å². The van der Waals surface area contributed by atoms with Crippen LogP contribution in [0.5, 0.6) is 0 Å². The summed E-state index contributed by atoms with van der Waals surface area (Å²) in [5.74, 6) is -2.24. The molecule has 2 saturated heterocycles. The van der Waals surface area contributed by atoms with Gasteiger partial charge in [0.05, 0.1) is 11.1 Å². The van der Waals surface area contributed by atoms with Crippen molar-refractivity contribution < 1.29 is 28.0 Å². The summed E-state index contributed by atoms with van der Waals surface area (Å²) in [6.07, 6.45) is -2.52. The molecule has 10 heteroatoms. The summed E-state index contributed by atoms with van der Waals surface area (Å²) in [6, 6.07) is 3.41. The van der Waals surface area contributed by atoms with Gasteiger partial charge in [0, 0.05) is 44.2 Å². The number of rotatable bonds is 4. The minimum atomic E-state index is -2.41. The predicted molar refractivity (Wildman–Crippen MR) is 97.7 cm³/mol. The number of alkyl halides is 2. The summed E-state index contributed by atoms with van der Waals surface area (Å²) in [6.45, 7) is 1.48. The van der Waals surface area contributed by atoms with Gasteiger partial charge in [0.15, 0.2) is 0 Å². The highest BCUT2D eigenvalue weighted by Gasteiger charge is 2.44. The molecule has 0 saturated carbocycles. The van der Waals surface area contributed by atoms with E-state index in [0.29, 0.717) is 25.3 Å². The molecule has 2 fully saturated rings. The van der Waals surface area contributed by atoms with Gasteiger partial charge < -0.3 is 10.2 Å². The average Bonchev–Trinajstić information content (AvgIpc) is 2.92. The zero-order chi connectivity index (χ0) is 20.7. The number of halogens is 2. The van der Waals surface area contributed by atoms with Crippen molar-refractivity contribution in [3.05, 3.63) is 29.3 Å². The smallest absolute Gasteiger partial charge is 0.262 e. The van der Waals surface area contributed by atoms with E-state index < -0.39 is 36.1 Å². The number of carbonyl (C=O) groups excluding carboxylic acids is 4. The molecule has 4 rings (SSSR count). The number of imide groups is 2. The third-order valence-electron chi connectivity index (χ3n) is 5.51. The number of nitrogens with zero attached hydrogens (tertiary/aromatic N) is 2. The predicted octanol–water partition coefficient (Wildman–Crippen LogP) is 0.521. The summed E-state index contributed by atoms with van der Waals surface area (Å²) >= 11 is 0. The molecule has 1 aromatic rings. The molecule has 8 nitrogen and oxygen atoms in total. The molecular weight excluding hydrogens is 386 g/mol. The third kappa shape index (κ3) is 3.59. The standard InChI is InChI=1S/C19H20F2N4O4/c20-15(21)7-10-9-24(6-5-22-10)11-1-2-12-13(8-11)19(29)25(18(12)28)14-3-4-16(26)23-17(14)27/h1-2,8,10,14-15,22H,3-7,9H2,(H,23,26,27). The number of hydrogen-bond acceptors (Lipinski definition) is 6. The summed E-state index contributed by atoms with van der Waals surface area (Å²) in [5, 5.41) is 5.21. The third-order valence-corrected chi connectivity index (χ3v) is 5.51. The minimum Gasteiger partial charge on any atom is -0.369 e. The normalized spacial score (nSPS) is 24.9. The Hall–Kier alpha value is -2.88. The Morgan fingerprint density at radius 3 is 2.59 bits per heavy atom. The van der Waals surface area contributed by atoms with Crippen LogP contribution in [0.15, 0.2) is 18.2 Å². The molecule has 29 heavy (non-hydrogen) atoms. The van der Waals surface area contributed by atoms with Crippen molar-refractivity contribution in [1.82, 2.24) is 15.5 Å². The molecule has 154 valence electrons. The van der Waals surface area contributed by atoms with Crippen LogP contribution in [-0.4, -0.2) is 66.7 Å². The summed E-state index contributed by atoms with van der Waals surface area (Å²) < 4.78 is 25.4. The number of nitrogens with one attached hydrogen (secondary N) is 2. The molecule has 3 heterocycles. The molecule has 0 bridgehead atoms. The first-order valence-electron chi connectivity index (χ1n) is 9.47. The van der Waals surface area contributed by atoms with Crippen LogP contribution in [0.3, 0.4) is 0 Å². The molecular formula is C19H20F2N4O4. The lowest BCUT2D eigenvalue weighted by Gasteiger charge is -2.35. The van der Waals surface area contributed by atoms with E-state index in [2.05, 4.69) is 10.6 Å². The van der Waals surface area contributed by atoms with Crippen LogP contribution in [0, 0.1) is 0 Å². The maximum Gasteiger partial charge on any atom is 0.262 e. The average molecular weight is 406 g/mol. The first kappa shape index (κ1) is 19.4. The lowest BCUT2D eigenvalue weighted by Crippen LogP contribution is -2.54. The van der Waals surface area contributed by atoms with Crippen molar-refractivity contribution in [2.24, 2.45) is 0 Å². The van der Waals surface area contributed by atoms with Gasteiger partial charge in [0.25, 0.3) is 11.8 Å². The van der Waals surface area contributed by atoms with Gasteiger partial charge in [0.1, 0.15) is 6.04 Å². The second kappa shape index (κ2) is 7.51. The molecule has 0 aliphatic carbocycles. The van der Waals surface area contributed by atoms with Crippen LogP contribution >= 0.6 is 0 Å². The maximum absolute atomic E-state index is 12.9. The maximum atomic E-state index is 12.9. The van der Waals surface area contributed by atoms with Crippen LogP contribution < -0.4 is 15.5 Å². The first-order valence-corrected chi connectivity index (χ1v) is 9.47. The minimum absolute atomic E-state index is 0.0569. The molecule has 3 aliphatic heterocycles. The Balaban J connectivity index is 1.56. The highest BCUT2D eigenvalue weighted by molar-refractivity contribution is 6.23. The molecule has 4 amide bonds. The Kier molecular flexibility index (Phi) is 5.03. The van der Waals surface area contributed by atoms with Crippen LogP contribution in [0.4, 0.5) is 14.5 Å². The summed E-state index contributed by atoms with van der Waals surface area (Å²) in [5.41, 5.74) is 1.04. The van der Waals surface area contributed by atoms with E-state index in [1.807, 2.05) is 4.90 Å². The second-order valence-corrected chi connectivity index (χ2v) is 7.40. The molecule has 2 N–H and O–H groups in total. The number of benzene rings is 1. The molecule has 0 radical (unpaired) electrons. The second-order valence-electron chi connectivity index (χ2n) is 7.40. The lowest BCUT2D eigenvalue weighted by atomic mass is 10.0. The van der Waals surface area contributed by atoms with Crippen molar-refractivity contribution in [3.8, 4) is 0 Å². The molecule has 0 spiro atoms. The number of carbonyl (C=O) groups is 4. The van der Waals surface area contributed by atoms with E-state index >= 15 is 0 Å². The molecule has 0 aromatic heterocycles. The largest absolute Gasteiger partial charge is 0.369 e. The fourth-order valence-electron chi connectivity index (χ4n) is 4.09. The molecule has 2 unspecified atom stereocenters. The van der Waals surface area contributed by atoms with E-state index in [1.54, 1.807) is 12.1 Å². The number of anilines is 1. The fraction of sp³-hybridized carbons (Fsp3) is 0.474. The number of piperazine rings is 1. The monoisotopic (exact) mass is 406 g/mol. The lowest BCUT2D eigenvalue weighted by molar-refractivity contribution is -0.136. The van der Waals surface area contributed by atoms with Crippen LogP contribution in [0.25, 0.3) is 0 Å². The molecule has 2 atom stereocenters. The van der Waals surface area contributed by atoms with Crippen molar-refractivity contribution in [3.63, 3.8) is 0 Å². The Morgan fingerprint density at radius 1 is 1.10 bits per heavy atom. The quantitative estimate of drug-likeness (QED) is 0.708. The van der Waals surface area contributed by atoms with Gasteiger partial charge in [-0.25, -0.2) is 8.78 Å². The first-order chi connectivity index (χ1) is 13.8. The van der Waals surface area contributed by atoms with E-state index in [9.17, 15) is 28.0 Å². The zero-order valence-corrected chi connectivity index (χ0v) is 15.5. The van der Waals surface area contributed by atoms with Crippen LogP contribution in [-0.2, 0) is 9.59 Å². The van der Waals surface area contributed by atoms with Crippen molar-refractivity contribution in [2.45, 2.75) is 37.8 Å². The van der Waals surface area contributed by atoms with E-state index in [-0.39, 0.29) is 36.4 Å². The van der Waals surface area contributed by atoms with Gasteiger partial charge in [-0.15, -0.1) is 0 Å². The highest BCUT2D eigenvalue weighted by atomic mass is 19.3. The summed E-state index contributed by atoms with van der Waals surface area (Å²) in [7, 11) is 0.